The van der Waals surface area contributed by atoms with Gasteiger partial charge in [0, 0.05) is 4.47 Å². The number of hydrogen-bond donors (Lipinski definition) is 1. The summed E-state index contributed by atoms with van der Waals surface area (Å²) in [6, 6.07) is 9.06. The number of benzene rings is 1. The van der Waals surface area contributed by atoms with Crippen LogP contribution in [0.5, 0.6) is 0 Å². The summed E-state index contributed by atoms with van der Waals surface area (Å²) in [6.45, 7) is 0. The first-order valence-electron chi connectivity index (χ1n) is 5.39. The summed E-state index contributed by atoms with van der Waals surface area (Å²) in [5.41, 5.74) is 0.371. The number of carbonyl (C=O) groups excluding carboxylic acids is 1. The van der Waals surface area contributed by atoms with Crippen LogP contribution in [0.15, 0.2) is 50.4 Å². The molecule has 1 heterocycles. The third kappa shape index (κ3) is 3.20. The molecule has 1 aromatic heterocycles. The molecule has 2 aromatic rings. The smallest absolute Gasteiger partial charge is 0.374 e. The van der Waals surface area contributed by atoms with Gasteiger partial charge in [-0.1, -0.05) is 22.0 Å². The third-order valence-corrected chi connectivity index (χ3v) is 4.06. The molecular weight excluding hydrogens is 350 g/mol. The minimum absolute atomic E-state index is 0.179. The van der Waals surface area contributed by atoms with Gasteiger partial charge in [0.2, 0.25) is 10.9 Å². The average Bonchev–Trinajstić information content (AvgIpc) is 2.87. The number of furan rings is 1. The Morgan fingerprint density at radius 3 is 2.70 bits per heavy atom. The van der Waals surface area contributed by atoms with E-state index in [4.69, 9.17) is 4.42 Å². The summed E-state index contributed by atoms with van der Waals surface area (Å²) in [6.07, 6.45) is 0. The Hall–Kier alpha value is -1.80. The van der Waals surface area contributed by atoms with Gasteiger partial charge in [-0.25, -0.2) is 4.79 Å². The highest BCUT2D eigenvalue weighted by molar-refractivity contribution is 9.10. The van der Waals surface area contributed by atoms with Crippen molar-refractivity contribution >= 4 is 37.6 Å². The van der Waals surface area contributed by atoms with Crippen LogP contribution in [-0.2, 0) is 14.8 Å². The maximum absolute atomic E-state index is 12.1. The molecular formula is C12H10BrNO5S. The molecule has 0 aliphatic heterocycles. The molecule has 8 heteroatoms. The van der Waals surface area contributed by atoms with E-state index in [2.05, 4.69) is 25.4 Å². The largest absolute Gasteiger partial charge is 0.463 e. The Bertz CT molecular complexity index is 738. The molecule has 0 spiro atoms. The summed E-state index contributed by atoms with van der Waals surface area (Å²) < 4.78 is 36.6. The van der Waals surface area contributed by atoms with Crippen molar-refractivity contribution < 1.29 is 22.4 Å². The van der Waals surface area contributed by atoms with Gasteiger partial charge in [-0.2, -0.15) is 8.42 Å². The van der Waals surface area contributed by atoms with Crippen LogP contribution in [0.3, 0.4) is 0 Å². The van der Waals surface area contributed by atoms with Gasteiger partial charge in [0.15, 0.2) is 0 Å². The number of esters is 1. The highest BCUT2D eigenvalue weighted by Crippen LogP contribution is 2.21. The maximum atomic E-state index is 12.1. The molecule has 0 aliphatic carbocycles. The van der Waals surface area contributed by atoms with Crippen molar-refractivity contribution in [3.63, 3.8) is 0 Å². The minimum atomic E-state index is -3.90. The number of ether oxygens (including phenoxy) is 1. The first kappa shape index (κ1) is 14.6. The number of hydrogen-bond acceptors (Lipinski definition) is 5. The lowest BCUT2D eigenvalue weighted by Gasteiger charge is -2.05. The number of carbonyl (C=O) groups is 1. The van der Waals surface area contributed by atoms with E-state index >= 15 is 0 Å². The Balaban J connectivity index is 2.27. The predicted molar refractivity (Wildman–Crippen MR) is 75.0 cm³/mol. The number of nitrogens with one attached hydrogen (secondary N) is 1. The van der Waals surface area contributed by atoms with Crippen LogP contribution in [0.2, 0.25) is 0 Å². The van der Waals surface area contributed by atoms with Crippen LogP contribution in [0.25, 0.3) is 0 Å². The second kappa shape index (κ2) is 5.68. The lowest BCUT2D eigenvalue weighted by atomic mass is 10.3. The van der Waals surface area contributed by atoms with Gasteiger partial charge in [-0.05, 0) is 30.3 Å². The molecule has 0 radical (unpaired) electrons. The van der Waals surface area contributed by atoms with Crippen LogP contribution < -0.4 is 4.72 Å². The Morgan fingerprint density at radius 1 is 1.30 bits per heavy atom. The van der Waals surface area contributed by atoms with Crippen molar-refractivity contribution in [2.75, 3.05) is 11.8 Å². The normalized spacial score (nSPS) is 11.1. The summed E-state index contributed by atoms with van der Waals surface area (Å²) in [7, 11) is -2.72. The van der Waals surface area contributed by atoms with Gasteiger partial charge >= 0.3 is 5.97 Å². The van der Waals surface area contributed by atoms with Crippen LogP contribution >= 0.6 is 15.9 Å². The molecule has 0 atom stereocenters. The van der Waals surface area contributed by atoms with Gasteiger partial charge < -0.3 is 9.15 Å². The molecule has 0 saturated heterocycles. The van der Waals surface area contributed by atoms with Gasteiger partial charge in [-0.3, -0.25) is 4.72 Å². The second-order valence-corrected chi connectivity index (χ2v) is 6.26. The van der Waals surface area contributed by atoms with Gasteiger partial charge in [0.05, 0.1) is 12.8 Å². The summed E-state index contributed by atoms with van der Waals surface area (Å²) in [4.78, 5) is 11.2. The van der Waals surface area contributed by atoms with Crippen molar-refractivity contribution in [1.29, 1.82) is 0 Å². The lowest BCUT2D eigenvalue weighted by molar-refractivity contribution is 0.0559. The van der Waals surface area contributed by atoms with Gasteiger partial charge in [0.25, 0.3) is 10.0 Å². The zero-order valence-electron chi connectivity index (χ0n) is 10.3. The fraction of sp³-hybridized carbons (Fsp3) is 0.0833. The average molecular weight is 360 g/mol. The second-order valence-electron chi connectivity index (χ2n) is 3.73. The van der Waals surface area contributed by atoms with Crippen LogP contribution in [0.4, 0.5) is 5.69 Å². The molecule has 0 amide bonds. The lowest BCUT2D eigenvalue weighted by Crippen LogP contribution is -2.12. The van der Waals surface area contributed by atoms with E-state index in [1.807, 2.05) is 0 Å². The van der Waals surface area contributed by atoms with Crippen LogP contribution in [0.1, 0.15) is 10.6 Å². The van der Waals surface area contributed by atoms with Gasteiger partial charge in [-0.15, -0.1) is 0 Å². The molecule has 0 saturated carbocycles. The molecule has 0 unspecified atom stereocenters. The van der Waals surface area contributed by atoms with E-state index in [1.165, 1.54) is 19.2 Å². The molecule has 6 nitrogen and oxygen atoms in total. The molecule has 1 N–H and O–H groups in total. The van der Waals surface area contributed by atoms with Crippen molar-refractivity contribution in [2.45, 2.75) is 5.09 Å². The topological polar surface area (TPSA) is 85.6 Å². The highest BCUT2D eigenvalue weighted by atomic mass is 79.9. The first-order chi connectivity index (χ1) is 9.42. The first-order valence-corrected chi connectivity index (χ1v) is 7.66. The number of rotatable bonds is 4. The van der Waals surface area contributed by atoms with E-state index < -0.39 is 16.0 Å². The zero-order chi connectivity index (χ0) is 14.8. The number of sulfonamides is 1. The number of halogens is 1. The van der Waals surface area contributed by atoms with E-state index in [0.717, 1.165) is 4.47 Å². The van der Waals surface area contributed by atoms with Crippen LogP contribution in [-0.4, -0.2) is 21.5 Å². The number of anilines is 1. The fourth-order valence-electron chi connectivity index (χ4n) is 1.43. The quantitative estimate of drug-likeness (QED) is 0.848. The Morgan fingerprint density at radius 2 is 2.05 bits per heavy atom. The summed E-state index contributed by atoms with van der Waals surface area (Å²) in [5, 5.41) is -0.363. The minimum Gasteiger partial charge on any atom is -0.463 e. The van der Waals surface area contributed by atoms with Crippen molar-refractivity contribution in [3.05, 3.63) is 46.6 Å². The Kier molecular flexibility index (Phi) is 4.15. The molecule has 20 heavy (non-hydrogen) atoms. The summed E-state index contributed by atoms with van der Waals surface area (Å²) >= 11 is 3.24. The van der Waals surface area contributed by atoms with E-state index in [1.54, 1.807) is 24.3 Å². The molecule has 0 bridgehead atoms. The standard InChI is InChI=1S/C12H10BrNO5S/c1-18-12(15)10-5-6-11(19-10)20(16,17)14-9-4-2-3-8(13)7-9/h2-7,14H,1H3. The third-order valence-electron chi connectivity index (χ3n) is 2.31. The van der Waals surface area contributed by atoms with E-state index in [9.17, 15) is 13.2 Å². The van der Waals surface area contributed by atoms with Crippen molar-refractivity contribution in [3.8, 4) is 0 Å². The van der Waals surface area contributed by atoms with E-state index in [0.29, 0.717) is 5.69 Å². The monoisotopic (exact) mass is 359 g/mol. The van der Waals surface area contributed by atoms with Crippen molar-refractivity contribution in [1.82, 2.24) is 0 Å². The number of methoxy groups -OCH3 is 1. The highest BCUT2D eigenvalue weighted by Gasteiger charge is 2.21. The SMILES string of the molecule is COC(=O)c1ccc(S(=O)(=O)Nc2cccc(Br)c2)o1. The van der Waals surface area contributed by atoms with Gasteiger partial charge in [0.1, 0.15) is 0 Å². The molecule has 2 rings (SSSR count). The Labute approximate surface area is 123 Å². The zero-order valence-corrected chi connectivity index (χ0v) is 12.7. The predicted octanol–water partition coefficient (Wildman–Crippen LogP) is 2.63. The molecule has 0 aliphatic rings. The van der Waals surface area contributed by atoms with E-state index in [-0.39, 0.29) is 10.9 Å². The summed E-state index contributed by atoms with van der Waals surface area (Å²) in [5.74, 6) is -0.920. The molecule has 0 fully saturated rings. The fourth-order valence-corrected chi connectivity index (χ4v) is 2.82. The molecule has 1 aromatic carbocycles. The van der Waals surface area contributed by atoms with Crippen molar-refractivity contribution in [2.24, 2.45) is 0 Å². The molecule has 106 valence electrons. The maximum Gasteiger partial charge on any atom is 0.374 e. The van der Waals surface area contributed by atoms with Crippen LogP contribution in [0, 0.1) is 0 Å².